The molecule has 2 aliphatic rings. The maximum atomic E-state index is 13.2. The van der Waals surface area contributed by atoms with Crippen LogP contribution in [0.15, 0.2) is 47.5 Å². The second kappa shape index (κ2) is 8.95. The molecule has 3 N–H and O–H groups in total. The number of rotatable bonds is 4. The highest BCUT2D eigenvalue weighted by atomic mass is 35.5. The van der Waals surface area contributed by atoms with Gasteiger partial charge in [-0.25, -0.2) is 10.4 Å². The van der Waals surface area contributed by atoms with Crippen LogP contribution in [0.3, 0.4) is 0 Å². The first-order valence-corrected chi connectivity index (χ1v) is 11.0. The molecule has 1 saturated heterocycles. The number of aliphatic imine (C=N–C) groups is 1. The van der Waals surface area contributed by atoms with Crippen LogP contribution in [0.2, 0.25) is 10.0 Å². The van der Waals surface area contributed by atoms with Gasteiger partial charge in [-0.15, -0.1) is 0 Å². The summed E-state index contributed by atoms with van der Waals surface area (Å²) in [5.74, 6) is -0.601. The molecule has 2 atom stereocenters. The fraction of sp³-hybridized carbons (Fsp3) is 0.250. The molecular formula is C20H19Cl2N5O2S. The van der Waals surface area contributed by atoms with Crippen LogP contribution < -0.4 is 21.1 Å². The Kier molecular flexibility index (Phi) is 6.31. The van der Waals surface area contributed by atoms with Gasteiger partial charge >= 0.3 is 0 Å². The van der Waals surface area contributed by atoms with Crippen LogP contribution in [0.25, 0.3) is 0 Å². The van der Waals surface area contributed by atoms with Gasteiger partial charge < -0.3 is 5.32 Å². The van der Waals surface area contributed by atoms with Gasteiger partial charge in [0.05, 0.1) is 28.1 Å². The zero-order valence-electron chi connectivity index (χ0n) is 16.0. The molecule has 2 aromatic carbocycles. The Labute approximate surface area is 188 Å². The molecule has 10 heteroatoms. The Morgan fingerprint density at radius 2 is 2.07 bits per heavy atom. The lowest BCUT2D eigenvalue weighted by atomic mass is 10.0. The third-order valence-electron chi connectivity index (χ3n) is 4.83. The summed E-state index contributed by atoms with van der Waals surface area (Å²) >= 11 is 13.6. The van der Waals surface area contributed by atoms with E-state index in [1.807, 2.05) is 19.1 Å². The van der Waals surface area contributed by atoms with E-state index in [0.29, 0.717) is 33.1 Å². The minimum atomic E-state index is -0.371. The van der Waals surface area contributed by atoms with Crippen LogP contribution in [0.1, 0.15) is 5.56 Å². The van der Waals surface area contributed by atoms with Crippen LogP contribution in [0, 0.1) is 12.8 Å². The van der Waals surface area contributed by atoms with Crippen molar-refractivity contribution in [3.05, 3.63) is 58.1 Å². The van der Waals surface area contributed by atoms with E-state index in [-0.39, 0.29) is 29.7 Å². The van der Waals surface area contributed by atoms with E-state index >= 15 is 0 Å². The van der Waals surface area contributed by atoms with Crippen LogP contribution in [0.5, 0.6) is 0 Å². The van der Waals surface area contributed by atoms with E-state index < -0.39 is 0 Å². The lowest BCUT2D eigenvalue weighted by Crippen LogP contribution is -2.49. The highest BCUT2D eigenvalue weighted by molar-refractivity contribution is 8.14. The average Bonchev–Trinajstić information content (AvgIpc) is 3.19. The average molecular weight is 464 g/mol. The lowest BCUT2D eigenvalue weighted by Gasteiger charge is -2.32. The van der Waals surface area contributed by atoms with Gasteiger partial charge in [-0.05, 0) is 36.8 Å². The monoisotopic (exact) mass is 463 g/mol. The number of amidine groups is 1. The molecule has 0 aliphatic carbocycles. The summed E-state index contributed by atoms with van der Waals surface area (Å²) in [5.41, 5.74) is 8.06. The Bertz CT molecular complexity index is 1030. The van der Waals surface area contributed by atoms with Gasteiger partial charge in [0.25, 0.3) is 0 Å². The molecule has 2 amide bonds. The predicted molar refractivity (Wildman–Crippen MR) is 122 cm³/mol. The lowest BCUT2D eigenvalue weighted by molar-refractivity contribution is -0.121. The number of hydrazine groups is 1. The third kappa shape index (κ3) is 4.33. The number of amides is 2. The number of anilines is 2. The Balaban J connectivity index is 1.55. The molecule has 0 radical (unpaired) electrons. The van der Waals surface area contributed by atoms with Crippen molar-refractivity contribution in [2.24, 2.45) is 10.9 Å². The van der Waals surface area contributed by atoms with Crippen molar-refractivity contribution >= 4 is 63.3 Å². The quantitative estimate of drug-likeness (QED) is 0.646. The number of halogens is 2. The van der Waals surface area contributed by atoms with Crippen LogP contribution in [-0.4, -0.2) is 35.4 Å². The number of hydrogen-bond acceptors (Lipinski definition) is 6. The number of hydrogen-bond donors (Lipinski definition) is 3. The Morgan fingerprint density at radius 1 is 1.27 bits per heavy atom. The normalized spacial score (nSPS) is 20.7. The first-order chi connectivity index (χ1) is 14.4. The molecule has 1 fully saturated rings. The van der Waals surface area contributed by atoms with E-state index in [0.717, 1.165) is 5.56 Å². The van der Waals surface area contributed by atoms with Gasteiger partial charge in [-0.2, -0.15) is 0 Å². The summed E-state index contributed by atoms with van der Waals surface area (Å²) in [4.78, 5) is 31.8. The number of nitrogens with zero attached hydrogens (tertiary/aromatic N) is 2. The molecule has 4 rings (SSSR count). The van der Waals surface area contributed by atoms with Crippen molar-refractivity contribution < 1.29 is 9.59 Å². The highest BCUT2D eigenvalue weighted by Crippen LogP contribution is 2.32. The number of fused-ring (bicyclic) bond motifs is 1. The number of para-hydroxylation sites is 1. The molecular weight excluding hydrogens is 445 g/mol. The Morgan fingerprint density at radius 3 is 2.83 bits per heavy atom. The van der Waals surface area contributed by atoms with Crippen LogP contribution >= 0.6 is 35.0 Å². The first kappa shape index (κ1) is 21.1. The zero-order valence-corrected chi connectivity index (χ0v) is 18.3. The second-order valence-corrected chi connectivity index (χ2v) is 8.67. The highest BCUT2D eigenvalue weighted by Gasteiger charge is 2.42. The summed E-state index contributed by atoms with van der Waals surface area (Å²) in [6, 6.07) is 12.4. The Hall–Kier alpha value is -2.10. The number of aryl methyl sites for hydroxylation is 1. The van der Waals surface area contributed by atoms with E-state index in [2.05, 4.69) is 21.2 Å². The molecule has 7 nitrogen and oxygen atoms in total. The molecule has 30 heavy (non-hydrogen) atoms. The van der Waals surface area contributed by atoms with Crippen molar-refractivity contribution in [3.8, 4) is 0 Å². The number of carbonyl (C=O) groups is 2. The molecule has 0 saturated carbocycles. The molecule has 0 spiro atoms. The summed E-state index contributed by atoms with van der Waals surface area (Å²) in [6.45, 7) is 2.38. The number of nitrogens with one attached hydrogen (secondary N) is 3. The van der Waals surface area contributed by atoms with E-state index in [1.165, 1.54) is 16.7 Å². The zero-order chi connectivity index (χ0) is 21.3. The maximum Gasteiger partial charge on any atom is 0.241 e. The van der Waals surface area contributed by atoms with Crippen molar-refractivity contribution in [1.82, 2.24) is 10.9 Å². The van der Waals surface area contributed by atoms with Crippen LogP contribution in [0.4, 0.5) is 11.4 Å². The van der Waals surface area contributed by atoms with Gasteiger partial charge in [0.2, 0.25) is 11.8 Å². The summed E-state index contributed by atoms with van der Waals surface area (Å²) < 4.78 is 0. The first-order valence-electron chi connectivity index (χ1n) is 9.27. The van der Waals surface area contributed by atoms with Crippen molar-refractivity contribution in [3.63, 3.8) is 0 Å². The van der Waals surface area contributed by atoms with E-state index in [9.17, 15) is 9.59 Å². The van der Waals surface area contributed by atoms with Crippen molar-refractivity contribution in [2.45, 2.75) is 13.1 Å². The van der Waals surface area contributed by atoms with Gasteiger partial charge in [0, 0.05) is 11.6 Å². The van der Waals surface area contributed by atoms with Gasteiger partial charge in [0.1, 0.15) is 6.17 Å². The van der Waals surface area contributed by atoms with Crippen LogP contribution in [-0.2, 0) is 9.59 Å². The van der Waals surface area contributed by atoms with Gasteiger partial charge in [-0.3, -0.25) is 19.9 Å². The number of benzene rings is 2. The van der Waals surface area contributed by atoms with Crippen molar-refractivity contribution in [2.75, 3.05) is 22.5 Å². The van der Waals surface area contributed by atoms with E-state index in [1.54, 1.807) is 30.3 Å². The standard InChI is InChI=1S/C20H19Cl2N5O2S/c1-11-6-7-12(8-15(11)22)27-19(29)13-9-23-26-18(13)25-20(27)30-10-17(28)24-16-5-3-2-4-14(16)21/h2-8,13,18,23,26H,9-10H2,1H3,(H,24,28). The minimum absolute atomic E-state index is 0.0677. The molecule has 2 aromatic rings. The molecule has 0 bridgehead atoms. The van der Waals surface area contributed by atoms with Crippen molar-refractivity contribution in [1.29, 1.82) is 0 Å². The topological polar surface area (TPSA) is 85.8 Å². The summed E-state index contributed by atoms with van der Waals surface area (Å²) in [5, 5.41) is 4.24. The van der Waals surface area contributed by atoms with Gasteiger partial charge in [0.15, 0.2) is 5.17 Å². The molecule has 2 heterocycles. The van der Waals surface area contributed by atoms with E-state index in [4.69, 9.17) is 23.2 Å². The number of carbonyl (C=O) groups excluding carboxylic acids is 2. The summed E-state index contributed by atoms with van der Waals surface area (Å²) in [6.07, 6.45) is -0.371. The largest absolute Gasteiger partial charge is 0.324 e. The SMILES string of the molecule is Cc1ccc(N2C(=O)C3CNNC3N=C2SCC(=O)Nc2ccccc2Cl)cc1Cl. The smallest absolute Gasteiger partial charge is 0.241 e. The molecule has 156 valence electrons. The molecule has 2 aliphatic heterocycles. The predicted octanol–water partition coefficient (Wildman–Crippen LogP) is 3.43. The third-order valence-corrected chi connectivity index (χ3v) is 6.51. The number of thioether (sulfide) groups is 1. The summed E-state index contributed by atoms with van der Waals surface area (Å²) in [7, 11) is 0. The molecule has 0 aromatic heterocycles. The second-order valence-electron chi connectivity index (χ2n) is 6.91. The van der Waals surface area contributed by atoms with Gasteiger partial charge in [-0.1, -0.05) is 53.2 Å². The molecule has 2 unspecified atom stereocenters. The maximum absolute atomic E-state index is 13.2. The fourth-order valence-electron chi connectivity index (χ4n) is 3.21. The minimum Gasteiger partial charge on any atom is -0.324 e. The fourth-order valence-corrected chi connectivity index (χ4v) is 4.41.